The number of piperidine rings is 1. The lowest BCUT2D eigenvalue weighted by molar-refractivity contribution is 0.0347. The highest BCUT2D eigenvalue weighted by Gasteiger charge is 2.20. The van der Waals surface area contributed by atoms with E-state index in [0.717, 1.165) is 25.1 Å². The van der Waals surface area contributed by atoms with Crippen LogP contribution in [-0.4, -0.2) is 68.8 Å². The van der Waals surface area contributed by atoms with Gasteiger partial charge in [-0.3, -0.25) is 0 Å². The summed E-state index contributed by atoms with van der Waals surface area (Å²) in [7, 11) is 0. The molecule has 2 unspecified atom stereocenters. The van der Waals surface area contributed by atoms with Crippen LogP contribution < -0.4 is 15.5 Å². The van der Waals surface area contributed by atoms with E-state index in [0.29, 0.717) is 57.3 Å². The van der Waals surface area contributed by atoms with E-state index in [2.05, 4.69) is 15.6 Å². The molecule has 30 heavy (non-hydrogen) atoms. The van der Waals surface area contributed by atoms with Gasteiger partial charge in [0.1, 0.15) is 5.82 Å². The predicted octanol–water partition coefficient (Wildman–Crippen LogP) is 2.04. The molecule has 3 rings (SSSR count). The third kappa shape index (κ3) is 6.82. The van der Waals surface area contributed by atoms with E-state index >= 15 is 0 Å². The number of nitrogens with one attached hydrogen (secondary N) is 2. The van der Waals surface area contributed by atoms with Crippen LogP contribution in [0.4, 0.5) is 10.1 Å². The number of aliphatic hydroxyl groups excluding tert-OH is 1. The third-order valence-electron chi connectivity index (χ3n) is 5.43. The summed E-state index contributed by atoms with van der Waals surface area (Å²) in [6.45, 7) is 8.55. The number of benzene rings is 1. The number of hydrogen-bond acceptors (Lipinski definition) is 5. The minimum Gasteiger partial charge on any atom is -0.393 e. The summed E-state index contributed by atoms with van der Waals surface area (Å²) in [6.07, 6.45) is 2.21. The second-order valence-electron chi connectivity index (χ2n) is 8.06. The highest BCUT2D eigenvalue weighted by Crippen LogP contribution is 2.24. The van der Waals surface area contributed by atoms with Crippen LogP contribution in [0.1, 0.15) is 38.7 Å². The molecule has 0 aromatic heterocycles. The molecule has 1 aromatic carbocycles. The maximum atomic E-state index is 14.7. The van der Waals surface area contributed by atoms with Gasteiger partial charge in [0.15, 0.2) is 5.96 Å². The fourth-order valence-electron chi connectivity index (χ4n) is 3.70. The molecule has 0 radical (unpaired) electrons. The highest BCUT2D eigenvalue weighted by molar-refractivity contribution is 5.80. The first-order valence-corrected chi connectivity index (χ1v) is 11.0. The van der Waals surface area contributed by atoms with E-state index in [4.69, 9.17) is 9.47 Å². The first-order valence-electron chi connectivity index (χ1n) is 11.0. The second kappa shape index (κ2) is 11.5. The molecule has 8 heteroatoms. The van der Waals surface area contributed by atoms with Crippen molar-refractivity contribution in [2.24, 2.45) is 4.99 Å². The van der Waals surface area contributed by atoms with Crippen LogP contribution >= 0.6 is 0 Å². The largest absolute Gasteiger partial charge is 0.393 e. The van der Waals surface area contributed by atoms with Crippen LogP contribution in [-0.2, 0) is 16.0 Å². The van der Waals surface area contributed by atoms with Gasteiger partial charge >= 0.3 is 0 Å². The van der Waals surface area contributed by atoms with Gasteiger partial charge in [-0.2, -0.15) is 0 Å². The van der Waals surface area contributed by atoms with Crippen molar-refractivity contribution in [3.63, 3.8) is 0 Å². The molecule has 0 aliphatic carbocycles. The molecular weight excluding hydrogens is 387 g/mol. The Kier molecular flexibility index (Phi) is 8.72. The molecule has 7 nitrogen and oxygen atoms in total. The van der Waals surface area contributed by atoms with Crippen LogP contribution in [0.2, 0.25) is 0 Å². The van der Waals surface area contributed by atoms with Crippen LogP contribution in [0.3, 0.4) is 0 Å². The summed E-state index contributed by atoms with van der Waals surface area (Å²) < 4.78 is 25.8. The van der Waals surface area contributed by atoms with Crippen molar-refractivity contribution in [1.82, 2.24) is 10.6 Å². The number of halogens is 1. The molecule has 168 valence electrons. The van der Waals surface area contributed by atoms with Gasteiger partial charge in [-0.1, -0.05) is 6.07 Å². The molecule has 1 aromatic rings. The monoisotopic (exact) mass is 422 g/mol. The molecule has 2 fully saturated rings. The SMILES string of the molecule is CCNC(=NCc1ccc(N2CCC(O)CC2)c(F)c1)NC(C)COC1CCOC1. The summed E-state index contributed by atoms with van der Waals surface area (Å²) in [5.41, 5.74) is 1.42. The molecule has 2 aliphatic heterocycles. The lowest BCUT2D eigenvalue weighted by Gasteiger charge is -2.31. The molecular formula is C22H35FN4O3. The quantitative estimate of drug-likeness (QED) is 0.440. The number of nitrogens with zero attached hydrogens (tertiary/aromatic N) is 2. The van der Waals surface area contributed by atoms with Crippen LogP contribution in [0.25, 0.3) is 0 Å². The van der Waals surface area contributed by atoms with Crippen LogP contribution in [0, 0.1) is 5.82 Å². The molecule has 2 aliphatic rings. The number of guanidine groups is 1. The second-order valence-corrected chi connectivity index (χ2v) is 8.06. The molecule has 0 spiro atoms. The van der Waals surface area contributed by atoms with E-state index in [-0.39, 0.29) is 24.1 Å². The molecule has 2 heterocycles. The third-order valence-corrected chi connectivity index (χ3v) is 5.43. The van der Waals surface area contributed by atoms with Crippen molar-refractivity contribution in [3.8, 4) is 0 Å². The molecule has 0 bridgehead atoms. The standard InChI is InChI=1S/C22H35FN4O3/c1-3-24-22(26-16(2)14-30-19-8-11-29-15-19)25-13-17-4-5-21(20(23)12-17)27-9-6-18(28)7-10-27/h4-5,12,16,18-19,28H,3,6-11,13-15H2,1-2H3,(H2,24,25,26). The fraction of sp³-hybridized carbons (Fsp3) is 0.682. The Bertz CT molecular complexity index is 689. The minimum atomic E-state index is -0.269. The summed E-state index contributed by atoms with van der Waals surface area (Å²) in [5, 5.41) is 16.2. The molecule has 0 amide bonds. The van der Waals surface area contributed by atoms with Crippen molar-refractivity contribution >= 4 is 11.6 Å². The average molecular weight is 423 g/mol. The van der Waals surface area contributed by atoms with Gasteiger partial charge in [-0.15, -0.1) is 0 Å². The number of ether oxygens (including phenoxy) is 2. The summed E-state index contributed by atoms with van der Waals surface area (Å²) in [4.78, 5) is 6.60. The molecule has 2 atom stereocenters. The maximum Gasteiger partial charge on any atom is 0.191 e. The van der Waals surface area contributed by atoms with Gasteiger partial charge in [0.2, 0.25) is 0 Å². The Morgan fingerprint density at radius 1 is 1.37 bits per heavy atom. The van der Waals surface area contributed by atoms with E-state index < -0.39 is 0 Å². The normalized spacial score (nSPS) is 21.7. The molecule has 0 saturated carbocycles. The van der Waals surface area contributed by atoms with Crippen LogP contribution in [0.15, 0.2) is 23.2 Å². The van der Waals surface area contributed by atoms with Crippen molar-refractivity contribution < 1.29 is 19.0 Å². The van der Waals surface area contributed by atoms with Gasteiger partial charge < -0.3 is 30.1 Å². The van der Waals surface area contributed by atoms with Crippen molar-refractivity contribution in [3.05, 3.63) is 29.6 Å². The smallest absolute Gasteiger partial charge is 0.191 e. The van der Waals surface area contributed by atoms with E-state index in [9.17, 15) is 9.50 Å². The van der Waals surface area contributed by atoms with E-state index in [1.165, 1.54) is 0 Å². The fourth-order valence-corrected chi connectivity index (χ4v) is 3.70. The number of hydrogen-bond donors (Lipinski definition) is 3. The highest BCUT2D eigenvalue weighted by atomic mass is 19.1. The average Bonchev–Trinajstić information content (AvgIpc) is 3.25. The first kappa shape index (κ1) is 22.8. The zero-order chi connectivity index (χ0) is 21.3. The van der Waals surface area contributed by atoms with Crippen molar-refractivity contribution in [1.29, 1.82) is 0 Å². The number of aliphatic hydroxyl groups is 1. The summed E-state index contributed by atoms with van der Waals surface area (Å²) in [5.74, 6) is 0.448. The minimum absolute atomic E-state index is 0.0944. The number of rotatable bonds is 8. The summed E-state index contributed by atoms with van der Waals surface area (Å²) >= 11 is 0. The van der Waals surface area contributed by atoms with Crippen molar-refractivity contribution in [2.45, 2.75) is 57.9 Å². The Labute approximate surface area is 178 Å². The Morgan fingerprint density at radius 2 is 2.17 bits per heavy atom. The first-order chi connectivity index (χ1) is 14.5. The Hall–Kier alpha value is -1.90. The topological polar surface area (TPSA) is 78.4 Å². The van der Waals surface area contributed by atoms with Gasteiger partial charge in [0.05, 0.1) is 37.7 Å². The van der Waals surface area contributed by atoms with E-state index in [1.807, 2.05) is 30.9 Å². The molecule has 2 saturated heterocycles. The Balaban J connectivity index is 1.53. The zero-order valence-corrected chi connectivity index (χ0v) is 18.1. The van der Waals surface area contributed by atoms with E-state index in [1.54, 1.807) is 6.07 Å². The maximum absolute atomic E-state index is 14.7. The number of anilines is 1. The lowest BCUT2D eigenvalue weighted by Crippen LogP contribution is -2.44. The van der Waals surface area contributed by atoms with Gasteiger partial charge in [0, 0.05) is 32.3 Å². The number of aliphatic imine (C=N–C) groups is 1. The zero-order valence-electron chi connectivity index (χ0n) is 18.1. The lowest BCUT2D eigenvalue weighted by atomic mass is 10.1. The molecule has 3 N–H and O–H groups in total. The van der Waals surface area contributed by atoms with Gasteiger partial charge in [-0.25, -0.2) is 9.38 Å². The van der Waals surface area contributed by atoms with Crippen molar-refractivity contribution in [2.75, 3.05) is 44.4 Å². The van der Waals surface area contributed by atoms with Gasteiger partial charge in [-0.05, 0) is 50.8 Å². The predicted molar refractivity (Wildman–Crippen MR) is 116 cm³/mol. The van der Waals surface area contributed by atoms with Gasteiger partial charge in [0.25, 0.3) is 0 Å². The summed E-state index contributed by atoms with van der Waals surface area (Å²) in [6, 6.07) is 5.39. The Morgan fingerprint density at radius 3 is 2.83 bits per heavy atom. The van der Waals surface area contributed by atoms with Crippen LogP contribution in [0.5, 0.6) is 0 Å².